The van der Waals surface area contributed by atoms with Gasteiger partial charge in [0.15, 0.2) is 11.5 Å². The Bertz CT molecular complexity index is 695. The highest BCUT2D eigenvalue weighted by Gasteiger charge is 2.30. The van der Waals surface area contributed by atoms with Crippen LogP contribution >= 0.6 is 0 Å². The second kappa shape index (κ2) is 7.42. The number of amides is 1. The van der Waals surface area contributed by atoms with Crippen molar-refractivity contribution in [2.24, 2.45) is 5.92 Å². The molecule has 6 nitrogen and oxygen atoms in total. The molecule has 1 aliphatic carbocycles. The molecule has 1 amide bonds. The zero-order chi connectivity index (χ0) is 17.9. The number of hydrogen-bond donors (Lipinski definition) is 0. The number of nitrogens with zero attached hydrogens (tertiary/aromatic N) is 1. The molecule has 0 spiro atoms. The third kappa shape index (κ3) is 4.63. The zero-order valence-corrected chi connectivity index (χ0v) is 15.4. The maximum atomic E-state index is 12.6. The van der Waals surface area contributed by atoms with Crippen molar-refractivity contribution >= 4 is 16.0 Å². The van der Waals surface area contributed by atoms with E-state index in [0.29, 0.717) is 12.3 Å². The van der Waals surface area contributed by atoms with Crippen LogP contribution in [0.1, 0.15) is 38.7 Å². The van der Waals surface area contributed by atoms with Crippen LogP contribution in [0.15, 0.2) is 18.2 Å². The van der Waals surface area contributed by atoms with Crippen LogP contribution in [0.4, 0.5) is 0 Å². The van der Waals surface area contributed by atoms with Gasteiger partial charge in [-0.3, -0.25) is 4.79 Å². The lowest BCUT2D eigenvalue weighted by molar-refractivity contribution is -0.140. The zero-order valence-electron chi connectivity index (χ0n) is 14.6. The van der Waals surface area contributed by atoms with E-state index in [4.69, 9.17) is 8.92 Å². The quantitative estimate of drug-likeness (QED) is 0.703. The average molecular weight is 355 g/mol. The van der Waals surface area contributed by atoms with Crippen molar-refractivity contribution in [2.75, 3.05) is 13.4 Å². The highest BCUT2D eigenvalue weighted by atomic mass is 32.2. The molecule has 0 radical (unpaired) electrons. The van der Waals surface area contributed by atoms with Crippen LogP contribution in [-0.2, 0) is 21.5 Å². The summed E-state index contributed by atoms with van der Waals surface area (Å²) in [4.78, 5) is 14.4. The van der Waals surface area contributed by atoms with Crippen LogP contribution < -0.4 is 8.92 Å². The van der Waals surface area contributed by atoms with E-state index in [1.165, 1.54) is 7.11 Å². The van der Waals surface area contributed by atoms with E-state index in [0.717, 1.165) is 31.1 Å². The van der Waals surface area contributed by atoms with Crippen molar-refractivity contribution in [3.63, 3.8) is 0 Å². The number of hydrogen-bond acceptors (Lipinski definition) is 5. The molecule has 7 heteroatoms. The summed E-state index contributed by atoms with van der Waals surface area (Å²) >= 11 is 0. The van der Waals surface area contributed by atoms with E-state index in [-0.39, 0.29) is 23.6 Å². The fourth-order valence-corrected chi connectivity index (χ4v) is 3.11. The van der Waals surface area contributed by atoms with Crippen molar-refractivity contribution in [2.45, 2.75) is 45.7 Å². The van der Waals surface area contributed by atoms with E-state index in [1.54, 1.807) is 12.1 Å². The lowest BCUT2D eigenvalue weighted by Crippen LogP contribution is -2.42. The van der Waals surface area contributed by atoms with Gasteiger partial charge in [0.1, 0.15) is 0 Å². The Morgan fingerprint density at radius 2 is 1.96 bits per heavy atom. The lowest BCUT2D eigenvalue weighted by Gasteiger charge is -2.34. The predicted molar refractivity (Wildman–Crippen MR) is 91.5 cm³/mol. The summed E-state index contributed by atoms with van der Waals surface area (Å²) in [7, 11) is -2.21. The number of benzene rings is 1. The largest absolute Gasteiger partial charge is 0.493 e. The average Bonchev–Trinajstić information content (AvgIpc) is 2.40. The second-order valence-electron chi connectivity index (χ2n) is 6.46. The fourth-order valence-electron chi connectivity index (χ4n) is 2.65. The molecule has 0 heterocycles. The SMILES string of the molecule is COc1ccc(CN(C(=O)C2CCC2)C(C)C)cc1OS(C)(=O)=O. The van der Waals surface area contributed by atoms with Crippen molar-refractivity contribution in [1.82, 2.24) is 4.90 Å². The number of carbonyl (C=O) groups is 1. The van der Waals surface area contributed by atoms with E-state index >= 15 is 0 Å². The molecule has 2 rings (SSSR count). The Labute approximate surface area is 143 Å². The minimum Gasteiger partial charge on any atom is -0.493 e. The monoisotopic (exact) mass is 355 g/mol. The first-order valence-electron chi connectivity index (χ1n) is 8.08. The molecule has 1 saturated carbocycles. The molecule has 0 unspecified atom stereocenters. The molecule has 0 N–H and O–H groups in total. The van der Waals surface area contributed by atoms with E-state index in [1.807, 2.05) is 24.8 Å². The number of carbonyl (C=O) groups excluding carboxylic acids is 1. The summed E-state index contributed by atoms with van der Waals surface area (Å²) in [6, 6.07) is 5.16. The van der Waals surface area contributed by atoms with Crippen LogP contribution in [0, 0.1) is 5.92 Å². The first-order chi connectivity index (χ1) is 11.2. The third-order valence-corrected chi connectivity index (χ3v) is 4.67. The Kier molecular flexibility index (Phi) is 5.74. The molecule has 0 aliphatic heterocycles. The molecule has 0 saturated heterocycles. The highest BCUT2D eigenvalue weighted by molar-refractivity contribution is 7.86. The predicted octanol–water partition coefficient (Wildman–Crippen LogP) is 2.57. The van der Waals surface area contributed by atoms with Gasteiger partial charge in [-0.2, -0.15) is 8.42 Å². The van der Waals surface area contributed by atoms with Crippen molar-refractivity contribution < 1.29 is 22.1 Å². The van der Waals surface area contributed by atoms with Gasteiger partial charge in [0.25, 0.3) is 0 Å². The summed E-state index contributed by atoms with van der Waals surface area (Å²) in [6.45, 7) is 4.37. The van der Waals surface area contributed by atoms with Gasteiger partial charge in [0.05, 0.1) is 13.4 Å². The van der Waals surface area contributed by atoms with Crippen LogP contribution in [0.3, 0.4) is 0 Å². The summed E-state index contributed by atoms with van der Waals surface area (Å²) in [6.07, 6.45) is 4.00. The van der Waals surface area contributed by atoms with E-state index in [9.17, 15) is 13.2 Å². The molecule has 134 valence electrons. The number of methoxy groups -OCH3 is 1. The van der Waals surface area contributed by atoms with Crippen molar-refractivity contribution in [1.29, 1.82) is 0 Å². The topological polar surface area (TPSA) is 72.9 Å². The Balaban J connectivity index is 2.23. The number of rotatable bonds is 7. The first kappa shape index (κ1) is 18.6. The van der Waals surface area contributed by atoms with Crippen molar-refractivity contribution in [3.05, 3.63) is 23.8 Å². The van der Waals surface area contributed by atoms with Crippen LogP contribution in [0.25, 0.3) is 0 Å². The molecule has 0 aromatic heterocycles. The molecule has 1 aliphatic rings. The maximum absolute atomic E-state index is 12.6. The number of ether oxygens (including phenoxy) is 1. The molecule has 1 aromatic carbocycles. The van der Waals surface area contributed by atoms with Gasteiger partial charge in [-0.1, -0.05) is 12.5 Å². The minimum absolute atomic E-state index is 0.0690. The maximum Gasteiger partial charge on any atom is 0.306 e. The second-order valence-corrected chi connectivity index (χ2v) is 8.04. The smallest absolute Gasteiger partial charge is 0.306 e. The first-order valence-corrected chi connectivity index (χ1v) is 9.89. The van der Waals surface area contributed by atoms with Gasteiger partial charge >= 0.3 is 10.1 Å². The third-order valence-electron chi connectivity index (χ3n) is 4.18. The highest BCUT2D eigenvalue weighted by Crippen LogP contribution is 2.32. The van der Waals surface area contributed by atoms with Crippen LogP contribution in [0.5, 0.6) is 11.5 Å². The van der Waals surface area contributed by atoms with Crippen LogP contribution in [0.2, 0.25) is 0 Å². The van der Waals surface area contributed by atoms with Gasteiger partial charge in [-0.15, -0.1) is 0 Å². The molecular formula is C17H25NO5S. The molecule has 0 bridgehead atoms. The van der Waals surface area contributed by atoms with E-state index < -0.39 is 10.1 Å². The van der Waals surface area contributed by atoms with Crippen LogP contribution in [-0.4, -0.2) is 38.6 Å². The molecule has 1 aromatic rings. The lowest BCUT2D eigenvalue weighted by atomic mass is 9.84. The Morgan fingerprint density at radius 1 is 1.29 bits per heavy atom. The van der Waals surface area contributed by atoms with Gasteiger partial charge < -0.3 is 13.8 Å². The van der Waals surface area contributed by atoms with Crippen molar-refractivity contribution in [3.8, 4) is 11.5 Å². The van der Waals surface area contributed by atoms with Gasteiger partial charge in [0, 0.05) is 18.5 Å². The normalized spacial score (nSPS) is 15.0. The van der Waals surface area contributed by atoms with Gasteiger partial charge in [-0.25, -0.2) is 0 Å². The van der Waals surface area contributed by atoms with E-state index in [2.05, 4.69) is 0 Å². The minimum atomic E-state index is -3.66. The molecule has 24 heavy (non-hydrogen) atoms. The summed E-state index contributed by atoms with van der Waals surface area (Å²) < 4.78 is 33.0. The molecule has 0 atom stereocenters. The fraction of sp³-hybridized carbons (Fsp3) is 0.588. The summed E-state index contributed by atoms with van der Waals surface area (Å²) in [5.41, 5.74) is 0.802. The summed E-state index contributed by atoms with van der Waals surface area (Å²) in [5, 5.41) is 0. The standard InChI is InChI=1S/C17H25NO5S/c1-12(2)18(17(19)14-6-5-7-14)11-13-8-9-15(22-3)16(10-13)23-24(4,20)21/h8-10,12,14H,5-7,11H2,1-4H3. The Hall–Kier alpha value is -1.76. The molecule has 1 fully saturated rings. The Morgan fingerprint density at radius 3 is 2.42 bits per heavy atom. The van der Waals surface area contributed by atoms with Gasteiger partial charge in [0.2, 0.25) is 5.91 Å². The summed E-state index contributed by atoms with van der Waals surface area (Å²) in [5.74, 6) is 0.762. The van der Waals surface area contributed by atoms with Gasteiger partial charge in [-0.05, 0) is 44.4 Å². The molecular weight excluding hydrogens is 330 g/mol.